The van der Waals surface area contributed by atoms with Gasteiger partial charge in [0.25, 0.3) is 11.7 Å². The van der Waals surface area contributed by atoms with Crippen molar-refractivity contribution in [2.75, 3.05) is 4.90 Å². The molecule has 0 saturated carbocycles. The van der Waals surface area contributed by atoms with Crippen LogP contribution in [0.3, 0.4) is 0 Å². The molecule has 0 unspecified atom stereocenters. The molecule has 144 valence electrons. The Balaban J connectivity index is 1.94. The number of carbonyl (C=O) groups is 2. The summed E-state index contributed by atoms with van der Waals surface area (Å²) in [6.07, 6.45) is 0. The van der Waals surface area contributed by atoms with Crippen LogP contribution in [0, 0.1) is 11.6 Å². The van der Waals surface area contributed by atoms with Crippen LogP contribution in [0.1, 0.15) is 17.2 Å². The van der Waals surface area contributed by atoms with Gasteiger partial charge in [-0.25, -0.2) is 8.78 Å². The third-order valence-corrected chi connectivity index (χ3v) is 4.78. The monoisotopic (exact) mass is 391 g/mol. The van der Waals surface area contributed by atoms with Gasteiger partial charge in [0.1, 0.15) is 17.4 Å². The largest absolute Gasteiger partial charge is 0.507 e. The minimum atomic E-state index is -0.985. The number of hydrogen-bond acceptors (Lipinski definition) is 3. The second kappa shape index (κ2) is 7.31. The van der Waals surface area contributed by atoms with Crippen LogP contribution < -0.4 is 4.90 Å². The van der Waals surface area contributed by atoms with Crippen LogP contribution >= 0.6 is 0 Å². The first kappa shape index (κ1) is 18.6. The van der Waals surface area contributed by atoms with E-state index in [1.807, 2.05) is 0 Å². The summed E-state index contributed by atoms with van der Waals surface area (Å²) in [5.74, 6) is -3.03. The van der Waals surface area contributed by atoms with E-state index < -0.39 is 29.4 Å². The van der Waals surface area contributed by atoms with Crippen LogP contribution in [0.2, 0.25) is 0 Å². The number of rotatable bonds is 3. The van der Waals surface area contributed by atoms with Gasteiger partial charge in [0, 0.05) is 11.3 Å². The molecule has 1 amide bonds. The van der Waals surface area contributed by atoms with Crippen molar-refractivity contribution in [2.24, 2.45) is 0 Å². The van der Waals surface area contributed by atoms with Gasteiger partial charge in [-0.2, -0.15) is 0 Å². The van der Waals surface area contributed by atoms with Gasteiger partial charge in [0.15, 0.2) is 0 Å². The molecule has 4 rings (SSSR count). The smallest absolute Gasteiger partial charge is 0.300 e. The molecule has 0 radical (unpaired) electrons. The van der Waals surface area contributed by atoms with Crippen molar-refractivity contribution in [3.63, 3.8) is 0 Å². The molecule has 1 saturated heterocycles. The number of halogens is 2. The molecule has 0 aliphatic carbocycles. The van der Waals surface area contributed by atoms with Gasteiger partial charge in [-0.15, -0.1) is 0 Å². The maximum Gasteiger partial charge on any atom is 0.300 e. The number of ketones is 1. The van der Waals surface area contributed by atoms with Crippen molar-refractivity contribution >= 4 is 23.1 Å². The minimum absolute atomic E-state index is 0.114. The summed E-state index contributed by atoms with van der Waals surface area (Å²) in [6.45, 7) is 0. The fraction of sp³-hybridized carbons (Fsp3) is 0.0435. The van der Waals surface area contributed by atoms with Crippen molar-refractivity contribution in [1.82, 2.24) is 0 Å². The molecule has 1 aliphatic heterocycles. The highest BCUT2D eigenvalue weighted by Gasteiger charge is 2.46. The molecule has 1 fully saturated rings. The Morgan fingerprint density at radius 2 is 1.34 bits per heavy atom. The molecule has 3 aromatic rings. The number of amides is 1. The third-order valence-electron chi connectivity index (χ3n) is 4.78. The van der Waals surface area contributed by atoms with Crippen LogP contribution in [0.5, 0.6) is 0 Å². The van der Waals surface area contributed by atoms with E-state index >= 15 is 0 Å². The van der Waals surface area contributed by atoms with E-state index in [1.165, 1.54) is 53.4 Å². The average Bonchev–Trinajstić information content (AvgIpc) is 3.00. The molecular weight excluding hydrogens is 376 g/mol. The number of carbonyl (C=O) groups excluding carboxylic acids is 2. The Bertz CT molecular complexity index is 1110. The topological polar surface area (TPSA) is 57.6 Å². The van der Waals surface area contributed by atoms with E-state index in [2.05, 4.69) is 0 Å². The van der Waals surface area contributed by atoms with Gasteiger partial charge in [-0.3, -0.25) is 14.5 Å². The van der Waals surface area contributed by atoms with E-state index in [1.54, 1.807) is 30.3 Å². The van der Waals surface area contributed by atoms with Crippen LogP contribution in [-0.4, -0.2) is 16.8 Å². The predicted molar refractivity (Wildman–Crippen MR) is 104 cm³/mol. The van der Waals surface area contributed by atoms with Gasteiger partial charge in [0.2, 0.25) is 0 Å². The lowest BCUT2D eigenvalue weighted by Crippen LogP contribution is -2.29. The van der Waals surface area contributed by atoms with Gasteiger partial charge < -0.3 is 5.11 Å². The Labute approximate surface area is 165 Å². The van der Waals surface area contributed by atoms with Crippen molar-refractivity contribution in [2.45, 2.75) is 6.04 Å². The summed E-state index contributed by atoms with van der Waals surface area (Å²) in [5.41, 5.74) is 0.983. The van der Waals surface area contributed by atoms with Crippen molar-refractivity contribution in [1.29, 1.82) is 0 Å². The average molecular weight is 391 g/mol. The molecule has 1 aliphatic rings. The number of aliphatic hydroxyl groups is 1. The zero-order chi connectivity index (χ0) is 20.5. The maximum absolute atomic E-state index is 13.5. The number of aliphatic hydroxyl groups excluding tert-OH is 1. The van der Waals surface area contributed by atoms with Crippen molar-refractivity contribution in [3.8, 4) is 0 Å². The third kappa shape index (κ3) is 3.29. The van der Waals surface area contributed by atoms with Crippen molar-refractivity contribution in [3.05, 3.63) is 107 Å². The molecule has 0 bridgehead atoms. The van der Waals surface area contributed by atoms with Gasteiger partial charge in [-0.05, 0) is 42.0 Å². The molecule has 4 nitrogen and oxygen atoms in total. The zero-order valence-corrected chi connectivity index (χ0v) is 15.0. The summed E-state index contributed by atoms with van der Waals surface area (Å²) in [4.78, 5) is 26.9. The zero-order valence-electron chi connectivity index (χ0n) is 15.0. The lowest BCUT2D eigenvalue weighted by molar-refractivity contribution is -0.132. The summed E-state index contributed by atoms with van der Waals surface area (Å²) in [7, 11) is 0. The first-order valence-corrected chi connectivity index (χ1v) is 8.85. The van der Waals surface area contributed by atoms with Crippen LogP contribution in [0.15, 0.2) is 84.4 Å². The molecule has 29 heavy (non-hydrogen) atoms. The predicted octanol–water partition coefficient (Wildman–Crippen LogP) is 4.59. The first-order valence-electron chi connectivity index (χ1n) is 8.85. The van der Waals surface area contributed by atoms with Gasteiger partial charge in [-0.1, -0.05) is 42.5 Å². The molecule has 1 N–H and O–H groups in total. The summed E-state index contributed by atoms with van der Waals surface area (Å²) in [6, 6.07) is 17.8. The quantitative estimate of drug-likeness (QED) is 0.404. The van der Waals surface area contributed by atoms with E-state index in [-0.39, 0.29) is 17.0 Å². The Morgan fingerprint density at radius 1 is 0.793 bits per heavy atom. The highest BCUT2D eigenvalue weighted by atomic mass is 19.1. The standard InChI is InChI=1S/C23H15F2NO3/c24-16-8-6-14(7-9-16)20-19(21(27)15-4-2-1-3-5-15)22(28)23(29)26(20)18-12-10-17(25)11-13-18/h1-13,20,27H/t20-/m1/s1. The van der Waals surface area contributed by atoms with Gasteiger partial charge >= 0.3 is 0 Å². The number of hydrogen-bond donors (Lipinski definition) is 1. The lowest BCUT2D eigenvalue weighted by Gasteiger charge is -2.25. The molecule has 0 spiro atoms. The lowest BCUT2D eigenvalue weighted by atomic mass is 9.95. The molecule has 3 aromatic carbocycles. The van der Waals surface area contributed by atoms with E-state index in [0.29, 0.717) is 11.1 Å². The molecule has 0 aromatic heterocycles. The van der Waals surface area contributed by atoms with Crippen LogP contribution in [-0.2, 0) is 9.59 Å². The van der Waals surface area contributed by atoms with Crippen molar-refractivity contribution < 1.29 is 23.5 Å². The number of Topliss-reactive ketones (excluding diaryl/α,β-unsaturated/α-hetero) is 1. The molecule has 1 heterocycles. The van der Waals surface area contributed by atoms with E-state index in [4.69, 9.17) is 0 Å². The molecule has 6 heteroatoms. The number of nitrogens with zero attached hydrogens (tertiary/aromatic N) is 1. The SMILES string of the molecule is O=C1C(=O)N(c2ccc(F)cc2)[C@H](c2ccc(F)cc2)C1=C(O)c1ccccc1. The highest BCUT2D eigenvalue weighted by molar-refractivity contribution is 6.51. The second-order valence-corrected chi connectivity index (χ2v) is 6.56. The Hall–Kier alpha value is -3.80. The normalized spacial score (nSPS) is 18.3. The Morgan fingerprint density at radius 3 is 1.93 bits per heavy atom. The van der Waals surface area contributed by atoms with Crippen LogP contribution in [0.25, 0.3) is 5.76 Å². The fourth-order valence-electron chi connectivity index (χ4n) is 3.41. The molecule has 1 atom stereocenters. The first-order chi connectivity index (χ1) is 14.0. The summed E-state index contributed by atoms with van der Waals surface area (Å²) < 4.78 is 26.8. The van der Waals surface area contributed by atoms with Crippen LogP contribution in [0.4, 0.5) is 14.5 Å². The minimum Gasteiger partial charge on any atom is -0.507 e. The highest BCUT2D eigenvalue weighted by Crippen LogP contribution is 2.42. The van der Waals surface area contributed by atoms with E-state index in [0.717, 1.165) is 0 Å². The summed E-state index contributed by atoms with van der Waals surface area (Å²) in [5, 5.41) is 10.8. The maximum atomic E-state index is 13.5. The fourth-order valence-corrected chi connectivity index (χ4v) is 3.41. The van der Waals surface area contributed by atoms with E-state index in [9.17, 15) is 23.5 Å². The second-order valence-electron chi connectivity index (χ2n) is 6.56. The molecular formula is C23H15F2NO3. The van der Waals surface area contributed by atoms with Gasteiger partial charge in [0.05, 0.1) is 11.6 Å². The Kier molecular flexibility index (Phi) is 4.68. The number of benzene rings is 3. The number of anilines is 1. The summed E-state index contributed by atoms with van der Waals surface area (Å²) >= 11 is 0.